The summed E-state index contributed by atoms with van der Waals surface area (Å²) in [7, 11) is 0. The van der Waals surface area contributed by atoms with Gasteiger partial charge in [-0.3, -0.25) is 4.79 Å². The molecule has 0 aliphatic heterocycles. The zero-order valence-electron chi connectivity index (χ0n) is 11.3. The SMILES string of the molecule is CCN(CCCO)C(=O)c1cc2cc(C)ccc2o1. The summed E-state index contributed by atoms with van der Waals surface area (Å²) in [5.41, 5.74) is 1.87. The van der Waals surface area contributed by atoms with Crippen molar-refractivity contribution in [3.63, 3.8) is 0 Å². The van der Waals surface area contributed by atoms with E-state index >= 15 is 0 Å². The first-order valence-corrected chi connectivity index (χ1v) is 6.56. The van der Waals surface area contributed by atoms with E-state index in [0.717, 1.165) is 16.5 Å². The fourth-order valence-corrected chi connectivity index (χ4v) is 2.09. The molecule has 4 heteroatoms. The van der Waals surface area contributed by atoms with E-state index in [4.69, 9.17) is 9.52 Å². The van der Waals surface area contributed by atoms with Gasteiger partial charge in [0.2, 0.25) is 0 Å². The third-order valence-corrected chi connectivity index (χ3v) is 3.14. The Morgan fingerprint density at radius 3 is 2.84 bits per heavy atom. The molecule has 2 aromatic rings. The Kier molecular flexibility index (Phi) is 4.22. The van der Waals surface area contributed by atoms with Crippen molar-refractivity contribution in [1.82, 2.24) is 4.90 Å². The lowest BCUT2D eigenvalue weighted by Gasteiger charge is -2.18. The van der Waals surface area contributed by atoms with Crippen LogP contribution in [0.15, 0.2) is 28.7 Å². The minimum atomic E-state index is -0.121. The second kappa shape index (κ2) is 5.89. The number of aliphatic hydroxyl groups is 1. The number of rotatable bonds is 5. The Morgan fingerprint density at radius 2 is 2.16 bits per heavy atom. The second-order valence-corrected chi connectivity index (χ2v) is 4.61. The summed E-state index contributed by atoms with van der Waals surface area (Å²) >= 11 is 0. The fourth-order valence-electron chi connectivity index (χ4n) is 2.09. The van der Waals surface area contributed by atoms with E-state index in [2.05, 4.69) is 0 Å². The van der Waals surface area contributed by atoms with Gasteiger partial charge < -0.3 is 14.4 Å². The minimum absolute atomic E-state index is 0.0864. The number of carbonyl (C=O) groups excluding carboxylic acids is 1. The number of carbonyl (C=O) groups is 1. The molecule has 0 atom stereocenters. The molecule has 1 heterocycles. The van der Waals surface area contributed by atoms with Crippen LogP contribution in [0.3, 0.4) is 0 Å². The van der Waals surface area contributed by atoms with Crippen LogP contribution in [0.5, 0.6) is 0 Å². The van der Waals surface area contributed by atoms with Gasteiger partial charge in [0.05, 0.1) is 0 Å². The molecule has 0 bridgehead atoms. The van der Waals surface area contributed by atoms with E-state index in [1.54, 1.807) is 11.0 Å². The molecule has 0 radical (unpaired) electrons. The quantitative estimate of drug-likeness (QED) is 0.900. The molecule has 102 valence electrons. The smallest absolute Gasteiger partial charge is 0.289 e. The Morgan fingerprint density at radius 1 is 1.37 bits per heavy atom. The summed E-state index contributed by atoms with van der Waals surface area (Å²) in [5.74, 6) is 0.241. The molecule has 1 amide bonds. The average Bonchev–Trinajstić information content (AvgIpc) is 2.82. The van der Waals surface area contributed by atoms with Gasteiger partial charge in [-0.2, -0.15) is 0 Å². The number of furan rings is 1. The number of hydrogen-bond donors (Lipinski definition) is 1. The zero-order valence-corrected chi connectivity index (χ0v) is 11.3. The minimum Gasteiger partial charge on any atom is -0.451 e. The first-order chi connectivity index (χ1) is 9.15. The monoisotopic (exact) mass is 261 g/mol. The molecule has 1 aromatic carbocycles. The molecule has 2 rings (SSSR count). The summed E-state index contributed by atoms with van der Waals surface area (Å²) in [6.45, 7) is 5.16. The van der Waals surface area contributed by atoms with Crippen molar-refractivity contribution in [2.24, 2.45) is 0 Å². The predicted molar refractivity (Wildman–Crippen MR) is 74.2 cm³/mol. The van der Waals surface area contributed by atoms with Crippen LogP contribution < -0.4 is 0 Å². The van der Waals surface area contributed by atoms with Gasteiger partial charge in [-0.25, -0.2) is 0 Å². The molecule has 0 fully saturated rings. The lowest BCUT2D eigenvalue weighted by molar-refractivity contribution is 0.0725. The van der Waals surface area contributed by atoms with Crippen LogP contribution in [-0.2, 0) is 0 Å². The maximum atomic E-state index is 12.3. The summed E-state index contributed by atoms with van der Waals surface area (Å²) in [6, 6.07) is 7.63. The van der Waals surface area contributed by atoms with Gasteiger partial charge in [-0.1, -0.05) is 11.6 Å². The Labute approximate surface area is 112 Å². The predicted octanol–water partition coefficient (Wildman–Crippen LogP) is 2.59. The maximum Gasteiger partial charge on any atom is 0.289 e. The Bertz CT molecular complexity index is 574. The summed E-state index contributed by atoms with van der Waals surface area (Å²) in [6.07, 6.45) is 0.582. The first kappa shape index (κ1) is 13.6. The van der Waals surface area contributed by atoms with Gasteiger partial charge in [-0.05, 0) is 38.5 Å². The van der Waals surface area contributed by atoms with E-state index in [-0.39, 0.29) is 12.5 Å². The van der Waals surface area contributed by atoms with Gasteiger partial charge >= 0.3 is 0 Å². The van der Waals surface area contributed by atoms with Crippen LogP contribution in [0.2, 0.25) is 0 Å². The molecule has 19 heavy (non-hydrogen) atoms. The topological polar surface area (TPSA) is 53.7 Å². The van der Waals surface area contributed by atoms with Crippen molar-refractivity contribution < 1.29 is 14.3 Å². The van der Waals surface area contributed by atoms with Crippen molar-refractivity contribution in [2.75, 3.05) is 19.7 Å². The molecular weight excluding hydrogens is 242 g/mol. The van der Waals surface area contributed by atoms with E-state index in [1.165, 1.54) is 0 Å². The third-order valence-electron chi connectivity index (χ3n) is 3.14. The van der Waals surface area contributed by atoms with E-state index < -0.39 is 0 Å². The molecule has 0 saturated carbocycles. The van der Waals surface area contributed by atoms with Crippen LogP contribution in [0.25, 0.3) is 11.0 Å². The zero-order chi connectivity index (χ0) is 13.8. The molecule has 4 nitrogen and oxygen atoms in total. The largest absolute Gasteiger partial charge is 0.451 e. The van der Waals surface area contributed by atoms with Gasteiger partial charge in [0.25, 0.3) is 5.91 Å². The molecular formula is C15H19NO3. The normalized spacial score (nSPS) is 10.9. The molecule has 0 spiro atoms. The van der Waals surface area contributed by atoms with E-state index in [9.17, 15) is 4.79 Å². The average molecular weight is 261 g/mol. The number of amides is 1. The summed E-state index contributed by atoms with van der Waals surface area (Å²) in [5, 5.41) is 9.79. The summed E-state index contributed by atoms with van der Waals surface area (Å²) < 4.78 is 5.59. The van der Waals surface area contributed by atoms with Crippen LogP contribution in [0, 0.1) is 6.92 Å². The highest BCUT2D eigenvalue weighted by Gasteiger charge is 2.18. The molecule has 1 N–H and O–H groups in total. The first-order valence-electron chi connectivity index (χ1n) is 6.56. The molecule has 0 saturated heterocycles. The highest BCUT2D eigenvalue weighted by molar-refractivity contribution is 5.96. The van der Waals surface area contributed by atoms with Gasteiger partial charge in [0, 0.05) is 25.1 Å². The standard InChI is InChI=1S/C15H19NO3/c1-3-16(7-4-8-17)15(18)14-10-12-9-11(2)5-6-13(12)19-14/h5-6,9-10,17H,3-4,7-8H2,1-2H3. The second-order valence-electron chi connectivity index (χ2n) is 4.61. The number of benzene rings is 1. The van der Waals surface area contributed by atoms with Gasteiger partial charge in [0.1, 0.15) is 5.58 Å². The van der Waals surface area contributed by atoms with E-state index in [0.29, 0.717) is 25.3 Å². The number of aliphatic hydroxyl groups excluding tert-OH is 1. The number of aryl methyl sites for hydroxylation is 1. The fraction of sp³-hybridized carbons (Fsp3) is 0.400. The highest BCUT2D eigenvalue weighted by atomic mass is 16.3. The number of fused-ring (bicyclic) bond motifs is 1. The van der Waals surface area contributed by atoms with Crippen molar-refractivity contribution in [3.8, 4) is 0 Å². The summed E-state index contributed by atoms with van der Waals surface area (Å²) in [4.78, 5) is 14.0. The van der Waals surface area contributed by atoms with Crippen molar-refractivity contribution in [3.05, 3.63) is 35.6 Å². The van der Waals surface area contributed by atoms with E-state index in [1.807, 2.05) is 32.0 Å². The van der Waals surface area contributed by atoms with Crippen molar-refractivity contribution >= 4 is 16.9 Å². The molecule has 0 aliphatic rings. The number of hydrogen-bond acceptors (Lipinski definition) is 3. The maximum absolute atomic E-state index is 12.3. The lowest BCUT2D eigenvalue weighted by atomic mass is 10.2. The Hall–Kier alpha value is -1.81. The van der Waals surface area contributed by atoms with Gasteiger partial charge in [0.15, 0.2) is 5.76 Å². The van der Waals surface area contributed by atoms with Crippen LogP contribution in [0.4, 0.5) is 0 Å². The highest BCUT2D eigenvalue weighted by Crippen LogP contribution is 2.21. The molecule has 0 unspecified atom stereocenters. The molecule has 0 aliphatic carbocycles. The Balaban J connectivity index is 2.24. The van der Waals surface area contributed by atoms with Crippen LogP contribution in [0.1, 0.15) is 29.5 Å². The number of nitrogens with zero attached hydrogens (tertiary/aromatic N) is 1. The molecule has 1 aromatic heterocycles. The lowest BCUT2D eigenvalue weighted by Crippen LogP contribution is -2.31. The van der Waals surface area contributed by atoms with Crippen molar-refractivity contribution in [1.29, 1.82) is 0 Å². The van der Waals surface area contributed by atoms with Crippen LogP contribution in [-0.4, -0.2) is 35.6 Å². The van der Waals surface area contributed by atoms with Gasteiger partial charge in [-0.15, -0.1) is 0 Å². The third kappa shape index (κ3) is 2.96. The van der Waals surface area contributed by atoms with Crippen molar-refractivity contribution in [2.45, 2.75) is 20.3 Å². The van der Waals surface area contributed by atoms with Crippen LogP contribution >= 0.6 is 0 Å².